The fraction of sp³-hybridized carbons (Fsp3) is 0.800. The normalized spacial score (nSPS) is 21.2. The van der Waals surface area contributed by atoms with E-state index in [0.717, 1.165) is 44.5 Å². The number of halogens is 1. The van der Waals surface area contributed by atoms with E-state index in [2.05, 4.69) is 34.6 Å². The number of nitrogens with zero attached hydrogens (tertiary/aromatic N) is 2. The predicted molar refractivity (Wildman–Crippen MR) is 87.1 cm³/mol. The van der Waals surface area contributed by atoms with Crippen molar-refractivity contribution < 1.29 is 9.32 Å². The van der Waals surface area contributed by atoms with E-state index in [-0.39, 0.29) is 18.3 Å². The summed E-state index contributed by atoms with van der Waals surface area (Å²) >= 11 is 0. The molecule has 0 aliphatic carbocycles. The zero-order valence-electron chi connectivity index (χ0n) is 13.4. The van der Waals surface area contributed by atoms with Gasteiger partial charge in [0.1, 0.15) is 0 Å². The maximum absolute atomic E-state index is 11.9. The first kappa shape index (κ1) is 18.9. The highest BCUT2D eigenvalue weighted by Gasteiger charge is 2.19. The Balaban J connectivity index is 0.00000242. The number of aryl methyl sites for hydroxylation is 2. The lowest BCUT2D eigenvalue weighted by Gasteiger charge is -2.28. The quantitative estimate of drug-likeness (QED) is 0.799. The molecule has 22 heavy (non-hydrogen) atoms. The first-order valence-electron chi connectivity index (χ1n) is 8.01. The van der Waals surface area contributed by atoms with E-state index in [1.165, 1.54) is 0 Å². The second kappa shape index (κ2) is 9.79. The summed E-state index contributed by atoms with van der Waals surface area (Å²) in [5.74, 6) is 1.53. The number of carbonyl (C=O) groups is 1. The molecule has 1 aliphatic heterocycles. The highest BCUT2D eigenvalue weighted by molar-refractivity contribution is 5.85. The predicted octanol–water partition coefficient (Wildman–Crippen LogP) is 2.02. The van der Waals surface area contributed by atoms with Crippen LogP contribution in [0.15, 0.2) is 4.52 Å². The Kier molecular flexibility index (Phi) is 8.42. The monoisotopic (exact) mass is 330 g/mol. The van der Waals surface area contributed by atoms with Crippen molar-refractivity contribution in [1.82, 2.24) is 20.8 Å². The molecule has 2 atom stereocenters. The van der Waals surface area contributed by atoms with Crippen LogP contribution in [0.4, 0.5) is 0 Å². The molecule has 7 heteroatoms. The zero-order chi connectivity index (χ0) is 15.1. The number of rotatable bonds is 7. The van der Waals surface area contributed by atoms with Crippen molar-refractivity contribution in [2.75, 3.05) is 6.54 Å². The Morgan fingerprint density at radius 2 is 2.27 bits per heavy atom. The largest absolute Gasteiger partial charge is 0.353 e. The maximum atomic E-state index is 11.9. The summed E-state index contributed by atoms with van der Waals surface area (Å²) < 4.78 is 5.16. The molecule has 2 heterocycles. The average molecular weight is 331 g/mol. The fourth-order valence-electron chi connectivity index (χ4n) is 2.68. The van der Waals surface area contributed by atoms with Gasteiger partial charge in [0.2, 0.25) is 11.8 Å². The molecule has 2 rings (SSSR count). The molecule has 0 saturated carbocycles. The van der Waals surface area contributed by atoms with Gasteiger partial charge in [-0.15, -0.1) is 12.4 Å². The Hall–Kier alpha value is -1.14. The third-order valence-electron chi connectivity index (χ3n) is 3.77. The molecule has 0 radical (unpaired) electrons. The molecule has 1 amide bonds. The van der Waals surface area contributed by atoms with Crippen molar-refractivity contribution in [3.05, 3.63) is 11.7 Å². The number of hydrogen-bond acceptors (Lipinski definition) is 5. The summed E-state index contributed by atoms with van der Waals surface area (Å²) in [5.41, 5.74) is 0. The van der Waals surface area contributed by atoms with Gasteiger partial charge in [-0.05, 0) is 39.2 Å². The fourth-order valence-corrected chi connectivity index (χ4v) is 2.68. The minimum absolute atomic E-state index is 0. The van der Waals surface area contributed by atoms with Crippen LogP contribution in [0, 0.1) is 0 Å². The summed E-state index contributed by atoms with van der Waals surface area (Å²) in [6.45, 7) is 5.22. The van der Waals surface area contributed by atoms with E-state index in [0.29, 0.717) is 30.8 Å². The first-order valence-corrected chi connectivity index (χ1v) is 8.01. The van der Waals surface area contributed by atoms with Crippen LogP contribution in [0.2, 0.25) is 0 Å². The van der Waals surface area contributed by atoms with Gasteiger partial charge >= 0.3 is 0 Å². The van der Waals surface area contributed by atoms with Gasteiger partial charge in [0.25, 0.3) is 0 Å². The molecular weight excluding hydrogens is 304 g/mol. The van der Waals surface area contributed by atoms with Gasteiger partial charge < -0.3 is 15.2 Å². The number of piperidine rings is 1. The van der Waals surface area contributed by atoms with Crippen LogP contribution in [-0.2, 0) is 17.6 Å². The highest BCUT2D eigenvalue weighted by atomic mass is 35.5. The van der Waals surface area contributed by atoms with Crippen molar-refractivity contribution in [1.29, 1.82) is 0 Å². The van der Waals surface area contributed by atoms with Crippen LogP contribution in [0.1, 0.15) is 57.7 Å². The van der Waals surface area contributed by atoms with Crippen LogP contribution in [-0.4, -0.2) is 34.7 Å². The average Bonchev–Trinajstić information content (AvgIpc) is 2.87. The number of hydrogen-bond donors (Lipinski definition) is 2. The van der Waals surface area contributed by atoms with E-state index in [1.54, 1.807) is 0 Å². The van der Waals surface area contributed by atoms with Crippen LogP contribution >= 0.6 is 12.4 Å². The third kappa shape index (κ3) is 6.32. The molecule has 2 N–H and O–H groups in total. The Bertz CT molecular complexity index is 453. The van der Waals surface area contributed by atoms with Gasteiger partial charge in [-0.2, -0.15) is 4.98 Å². The Morgan fingerprint density at radius 1 is 1.45 bits per heavy atom. The van der Waals surface area contributed by atoms with Crippen molar-refractivity contribution in [2.45, 2.75) is 70.9 Å². The minimum Gasteiger partial charge on any atom is -0.353 e. The molecule has 1 saturated heterocycles. The minimum atomic E-state index is 0. The van der Waals surface area contributed by atoms with Gasteiger partial charge in [-0.3, -0.25) is 4.79 Å². The molecular formula is C15H27ClN4O2. The summed E-state index contributed by atoms with van der Waals surface area (Å²) in [6.07, 6.45) is 5.82. The van der Waals surface area contributed by atoms with Crippen molar-refractivity contribution in [3.8, 4) is 0 Å². The lowest BCUT2D eigenvalue weighted by Crippen LogP contribution is -2.46. The highest BCUT2D eigenvalue weighted by Crippen LogP contribution is 2.09. The number of amides is 1. The molecule has 1 fully saturated rings. The van der Waals surface area contributed by atoms with Crippen molar-refractivity contribution in [2.24, 2.45) is 0 Å². The lowest BCUT2D eigenvalue weighted by molar-refractivity contribution is -0.122. The molecule has 2 unspecified atom stereocenters. The van der Waals surface area contributed by atoms with Crippen LogP contribution in [0.5, 0.6) is 0 Å². The van der Waals surface area contributed by atoms with Crippen molar-refractivity contribution in [3.63, 3.8) is 0 Å². The van der Waals surface area contributed by atoms with E-state index in [4.69, 9.17) is 4.52 Å². The van der Waals surface area contributed by atoms with Crippen LogP contribution in [0.3, 0.4) is 0 Å². The lowest BCUT2D eigenvalue weighted by atomic mass is 10.0. The van der Waals surface area contributed by atoms with Gasteiger partial charge in [0.05, 0.1) is 0 Å². The topological polar surface area (TPSA) is 80.0 Å². The number of nitrogens with one attached hydrogen (secondary N) is 2. The molecule has 0 spiro atoms. The Morgan fingerprint density at radius 3 is 3.00 bits per heavy atom. The van der Waals surface area contributed by atoms with Crippen LogP contribution in [0.25, 0.3) is 0 Å². The van der Waals surface area contributed by atoms with Crippen molar-refractivity contribution >= 4 is 18.3 Å². The van der Waals surface area contributed by atoms with Gasteiger partial charge in [-0.25, -0.2) is 0 Å². The smallest absolute Gasteiger partial charge is 0.226 e. The Labute approximate surface area is 138 Å². The molecule has 1 aliphatic rings. The van der Waals surface area contributed by atoms with Crippen LogP contribution < -0.4 is 10.6 Å². The summed E-state index contributed by atoms with van der Waals surface area (Å²) in [7, 11) is 0. The first-order chi connectivity index (χ1) is 10.2. The van der Waals surface area contributed by atoms with Gasteiger partial charge in [-0.1, -0.05) is 12.1 Å². The zero-order valence-corrected chi connectivity index (χ0v) is 14.2. The molecule has 0 aromatic carbocycles. The second-order valence-corrected chi connectivity index (χ2v) is 5.85. The van der Waals surface area contributed by atoms with E-state index in [1.807, 2.05) is 0 Å². The second-order valence-electron chi connectivity index (χ2n) is 5.85. The standard InChI is InChI=1S/C15H26N4O2.ClH/c1-3-5-13-18-15(21-19-13)7-4-6-14(20)17-12-8-9-16-11(2)10-12;/h11-12,16H,3-10H2,1-2H3,(H,17,20);1H. The maximum Gasteiger partial charge on any atom is 0.226 e. The van der Waals surface area contributed by atoms with E-state index >= 15 is 0 Å². The number of carbonyl (C=O) groups excluding carboxylic acids is 1. The van der Waals surface area contributed by atoms with E-state index < -0.39 is 0 Å². The molecule has 1 aromatic rings. The SMILES string of the molecule is CCCc1noc(CCCC(=O)NC2CCNC(C)C2)n1.Cl. The number of aromatic nitrogens is 2. The van der Waals surface area contributed by atoms with Gasteiger partial charge in [0.15, 0.2) is 5.82 Å². The molecule has 1 aromatic heterocycles. The summed E-state index contributed by atoms with van der Waals surface area (Å²) in [4.78, 5) is 16.2. The summed E-state index contributed by atoms with van der Waals surface area (Å²) in [5, 5.41) is 10.4. The third-order valence-corrected chi connectivity index (χ3v) is 3.77. The molecule has 126 valence electrons. The molecule has 6 nitrogen and oxygen atoms in total. The summed E-state index contributed by atoms with van der Waals surface area (Å²) in [6, 6.07) is 0.799. The van der Waals surface area contributed by atoms with Gasteiger partial charge in [0, 0.05) is 31.3 Å². The molecule has 0 bridgehead atoms. The van der Waals surface area contributed by atoms with E-state index in [9.17, 15) is 4.79 Å².